The second-order valence-corrected chi connectivity index (χ2v) is 7.18. The van der Waals surface area contributed by atoms with Crippen LogP contribution in [0.2, 0.25) is 0 Å². The zero-order valence-corrected chi connectivity index (χ0v) is 17.4. The molecule has 0 N–H and O–H groups in total. The van der Waals surface area contributed by atoms with Gasteiger partial charge in [0.15, 0.2) is 0 Å². The van der Waals surface area contributed by atoms with E-state index in [-0.39, 0.29) is 17.8 Å². The first-order chi connectivity index (χ1) is 15.5. The lowest BCUT2D eigenvalue weighted by Crippen LogP contribution is -2.06. The molecule has 0 bridgehead atoms. The molecule has 0 saturated carbocycles. The molecule has 0 fully saturated rings. The number of hydrogen-bond acceptors (Lipinski definition) is 5. The fourth-order valence-electron chi connectivity index (χ4n) is 3.24. The molecule has 0 atom stereocenters. The molecule has 0 spiro atoms. The van der Waals surface area contributed by atoms with Crippen molar-refractivity contribution in [3.63, 3.8) is 0 Å². The molecule has 5 nitrogen and oxygen atoms in total. The van der Waals surface area contributed by atoms with Crippen LogP contribution in [0.3, 0.4) is 0 Å². The van der Waals surface area contributed by atoms with Gasteiger partial charge in [-0.25, -0.2) is 4.39 Å². The predicted octanol–water partition coefficient (Wildman–Crippen LogP) is 5.25. The van der Waals surface area contributed by atoms with Gasteiger partial charge in [0.05, 0.1) is 5.52 Å². The highest BCUT2D eigenvalue weighted by atomic mass is 19.1. The van der Waals surface area contributed by atoms with Crippen LogP contribution in [-0.4, -0.2) is 16.9 Å². The van der Waals surface area contributed by atoms with Crippen molar-refractivity contribution in [1.82, 2.24) is 4.98 Å². The summed E-state index contributed by atoms with van der Waals surface area (Å²) in [5.74, 6) is 1.23. The van der Waals surface area contributed by atoms with Gasteiger partial charge in [0.1, 0.15) is 23.1 Å². The van der Waals surface area contributed by atoms with Gasteiger partial charge in [-0.1, -0.05) is 30.3 Å². The highest BCUT2D eigenvalue weighted by Crippen LogP contribution is 2.29. The Hall–Kier alpha value is -4.15. The first-order valence-electron chi connectivity index (χ1n) is 9.86. The Morgan fingerprint density at radius 3 is 2.12 bits per heavy atom. The molecule has 32 heavy (non-hydrogen) atoms. The van der Waals surface area contributed by atoms with E-state index < -0.39 is 0 Å². The molecule has 6 heteroatoms. The number of aromatic nitrogens is 1. The first kappa shape index (κ1) is 22.5. The molecule has 0 radical (unpaired) electrons. The lowest BCUT2D eigenvalue weighted by Gasteiger charge is -2.10. The molecule has 160 valence electrons. The van der Waals surface area contributed by atoms with Crippen molar-refractivity contribution in [2.24, 2.45) is 0 Å². The maximum Gasteiger partial charge on any atom is 0.373 e. The van der Waals surface area contributed by atoms with Gasteiger partial charge in [-0.2, -0.15) is 9.59 Å². The van der Waals surface area contributed by atoms with Gasteiger partial charge in [0.2, 0.25) is 0 Å². The van der Waals surface area contributed by atoms with Gasteiger partial charge in [-0.05, 0) is 66.1 Å². The smallest absolute Gasteiger partial charge is 0.373 e. The molecule has 0 aliphatic heterocycles. The number of Topliss-reactive ketones (excluding diaryl/α,β-unsaturated/α-hetero) is 1. The summed E-state index contributed by atoms with van der Waals surface area (Å²) < 4.78 is 19.0. The largest absolute Gasteiger partial charge is 0.457 e. The Morgan fingerprint density at radius 2 is 1.50 bits per heavy atom. The summed E-state index contributed by atoms with van der Waals surface area (Å²) in [5, 5.41) is 0.955. The molecular formula is C26H20FNO4. The van der Waals surface area contributed by atoms with E-state index in [1.165, 1.54) is 12.1 Å². The summed E-state index contributed by atoms with van der Waals surface area (Å²) in [5.41, 5.74) is 3.78. The SMILES string of the molecule is Cc1ccc2c(Oc3ccc(CC(=O)Cc4ccc(F)cc4)cc3)ccnc2c1.O=C=O. The average Bonchev–Trinajstić information content (AvgIpc) is 2.77. The number of nitrogens with zero attached hydrogens (tertiary/aromatic N) is 1. The number of ketones is 1. The van der Waals surface area contributed by atoms with E-state index in [0.717, 1.165) is 33.3 Å². The first-order valence-corrected chi connectivity index (χ1v) is 9.86. The van der Waals surface area contributed by atoms with Crippen LogP contribution < -0.4 is 4.74 Å². The molecule has 0 saturated heterocycles. The van der Waals surface area contributed by atoms with Crippen molar-refractivity contribution in [1.29, 1.82) is 0 Å². The molecule has 0 amide bonds. The van der Waals surface area contributed by atoms with E-state index >= 15 is 0 Å². The van der Waals surface area contributed by atoms with E-state index in [1.807, 2.05) is 55.5 Å². The van der Waals surface area contributed by atoms with E-state index in [0.29, 0.717) is 18.6 Å². The van der Waals surface area contributed by atoms with Crippen LogP contribution in [0.15, 0.2) is 79.0 Å². The van der Waals surface area contributed by atoms with Crippen molar-refractivity contribution in [2.75, 3.05) is 0 Å². The molecule has 4 aromatic rings. The number of rotatable bonds is 6. The summed E-state index contributed by atoms with van der Waals surface area (Å²) in [6.07, 6.45) is 2.61. The second-order valence-electron chi connectivity index (χ2n) is 7.18. The van der Waals surface area contributed by atoms with Gasteiger partial charge in [-0.15, -0.1) is 0 Å². The van der Waals surface area contributed by atoms with Crippen molar-refractivity contribution in [3.8, 4) is 11.5 Å². The van der Waals surface area contributed by atoms with Gasteiger partial charge in [-0.3, -0.25) is 9.78 Å². The summed E-state index contributed by atoms with van der Waals surface area (Å²) in [4.78, 5) is 32.9. The second kappa shape index (κ2) is 10.8. The Bertz CT molecular complexity index is 1250. The fraction of sp³-hybridized carbons (Fsp3) is 0.115. The quantitative estimate of drug-likeness (QED) is 0.419. The number of hydrogen-bond donors (Lipinski definition) is 0. The highest BCUT2D eigenvalue weighted by Gasteiger charge is 2.08. The Labute approximate surface area is 184 Å². The number of fused-ring (bicyclic) bond motifs is 1. The maximum atomic E-state index is 13.0. The van der Waals surface area contributed by atoms with E-state index in [9.17, 15) is 9.18 Å². The highest BCUT2D eigenvalue weighted by molar-refractivity contribution is 5.85. The van der Waals surface area contributed by atoms with E-state index in [1.54, 1.807) is 18.3 Å². The van der Waals surface area contributed by atoms with Crippen molar-refractivity contribution in [2.45, 2.75) is 19.8 Å². The number of carbonyl (C=O) groups is 1. The minimum atomic E-state index is -0.297. The monoisotopic (exact) mass is 429 g/mol. The molecule has 1 heterocycles. The normalized spacial score (nSPS) is 10.1. The van der Waals surface area contributed by atoms with E-state index in [2.05, 4.69) is 4.98 Å². The lowest BCUT2D eigenvalue weighted by molar-refractivity contribution is -0.191. The third-order valence-electron chi connectivity index (χ3n) is 4.73. The predicted molar refractivity (Wildman–Crippen MR) is 117 cm³/mol. The molecule has 1 aromatic heterocycles. The number of aryl methyl sites for hydroxylation is 1. The lowest BCUT2D eigenvalue weighted by atomic mass is 10.0. The molecule has 0 unspecified atom stereocenters. The number of benzene rings is 3. The number of carbonyl (C=O) groups excluding carboxylic acids is 3. The van der Waals surface area contributed by atoms with Gasteiger partial charge < -0.3 is 4.74 Å². The van der Waals surface area contributed by atoms with Crippen LogP contribution in [-0.2, 0) is 27.2 Å². The van der Waals surface area contributed by atoms with Gasteiger partial charge in [0.25, 0.3) is 0 Å². The van der Waals surface area contributed by atoms with Crippen molar-refractivity contribution >= 4 is 22.8 Å². The van der Waals surface area contributed by atoms with Crippen LogP contribution in [0.5, 0.6) is 11.5 Å². The number of halogens is 1. The standard InChI is InChI=1S/C25H20FNO2.CO2/c1-17-2-11-23-24(14-17)27-13-12-25(23)29-22-9-5-19(6-10-22)16-21(28)15-18-3-7-20(26)8-4-18;2-1-3/h2-14H,15-16H2,1H3;. The Balaban J connectivity index is 0.000000913. The summed E-state index contributed by atoms with van der Waals surface area (Å²) in [6.45, 7) is 2.03. The third kappa shape index (κ3) is 6.17. The molecule has 3 aromatic carbocycles. The maximum absolute atomic E-state index is 13.0. The Morgan fingerprint density at radius 1 is 0.906 bits per heavy atom. The average molecular weight is 429 g/mol. The number of ether oxygens (including phenoxy) is 1. The van der Waals surface area contributed by atoms with Gasteiger partial charge in [0, 0.05) is 24.4 Å². The van der Waals surface area contributed by atoms with Crippen LogP contribution in [0, 0.1) is 12.7 Å². The molecule has 4 rings (SSSR count). The number of pyridine rings is 1. The van der Waals surface area contributed by atoms with Crippen LogP contribution in [0.25, 0.3) is 10.9 Å². The van der Waals surface area contributed by atoms with E-state index in [4.69, 9.17) is 14.3 Å². The fourth-order valence-corrected chi connectivity index (χ4v) is 3.24. The topological polar surface area (TPSA) is 73.3 Å². The molecule has 0 aliphatic rings. The zero-order chi connectivity index (χ0) is 22.9. The van der Waals surface area contributed by atoms with Crippen LogP contribution in [0.1, 0.15) is 16.7 Å². The minimum absolute atomic E-state index is 0.0841. The van der Waals surface area contributed by atoms with Crippen molar-refractivity contribution < 1.29 is 23.5 Å². The third-order valence-corrected chi connectivity index (χ3v) is 4.73. The van der Waals surface area contributed by atoms with Crippen LogP contribution >= 0.6 is 0 Å². The molecular weight excluding hydrogens is 409 g/mol. The molecule has 0 aliphatic carbocycles. The summed E-state index contributed by atoms with van der Waals surface area (Å²) in [6, 6.07) is 21.5. The zero-order valence-electron chi connectivity index (χ0n) is 17.4. The minimum Gasteiger partial charge on any atom is -0.457 e. The summed E-state index contributed by atoms with van der Waals surface area (Å²) in [7, 11) is 0. The summed E-state index contributed by atoms with van der Waals surface area (Å²) >= 11 is 0. The Kier molecular flexibility index (Phi) is 7.57. The van der Waals surface area contributed by atoms with Crippen LogP contribution in [0.4, 0.5) is 4.39 Å². The van der Waals surface area contributed by atoms with Crippen molar-refractivity contribution in [3.05, 3.63) is 102 Å². The van der Waals surface area contributed by atoms with Gasteiger partial charge >= 0.3 is 6.15 Å².